The summed E-state index contributed by atoms with van der Waals surface area (Å²) >= 11 is 1.71. The van der Waals surface area contributed by atoms with E-state index in [1.165, 1.54) is 17.7 Å². The third-order valence-corrected chi connectivity index (χ3v) is 3.72. The monoisotopic (exact) mass is 231 g/mol. The van der Waals surface area contributed by atoms with E-state index in [1.54, 1.807) is 11.3 Å². The summed E-state index contributed by atoms with van der Waals surface area (Å²) in [6.07, 6.45) is 2.47. The highest BCUT2D eigenvalue weighted by molar-refractivity contribution is 7.15. The van der Waals surface area contributed by atoms with Gasteiger partial charge in [0.2, 0.25) is 0 Å². The molecule has 0 bridgehead atoms. The predicted octanol–water partition coefficient (Wildman–Crippen LogP) is 2.97. The van der Waals surface area contributed by atoms with Gasteiger partial charge < -0.3 is 5.73 Å². The summed E-state index contributed by atoms with van der Waals surface area (Å²) in [5.41, 5.74) is 6.93. The molecule has 16 heavy (non-hydrogen) atoms. The first-order chi connectivity index (χ1) is 7.72. The van der Waals surface area contributed by atoms with Crippen LogP contribution in [0.3, 0.4) is 0 Å². The van der Waals surface area contributed by atoms with Crippen LogP contribution in [-0.4, -0.2) is 9.97 Å². The molecule has 0 spiro atoms. The molecule has 82 valence electrons. The number of nitrogen functional groups attached to an aromatic ring is 1. The van der Waals surface area contributed by atoms with Gasteiger partial charge in [0.1, 0.15) is 5.82 Å². The molecule has 4 heteroatoms. The first-order valence-corrected chi connectivity index (χ1v) is 6.25. The molecule has 0 radical (unpaired) electrons. The lowest BCUT2D eigenvalue weighted by atomic mass is 10.2. The molecule has 3 rings (SSSR count). The van der Waals surface area contributed by atoms with Crippen LogP contribution < -0.4 is 5.73 Å². The zero-order valence-corrected chi connectivity index (χ0v) is 9.92. The fourth-order valence-corrected chi connectivity index (χ4v) is 2.54. The van der Waals surface area contributed by atoms with E-state index in [4.69, 9.17) is 5.73 Å². The number of aryl methyl sites for hydroxylation is 1. The minimum Gasteiger partial charge on any atom is -0.384 e. The summed E-state index contributed by atoms with van der Waals surface area (Å²) in [5.74, 6) is 1.98. The number of aromatic nitrogens is 2. The van der Waals surface area contributed by atoms with E-state index in [-0.39, 0.29) is 0 Å². The molecule has 3 nitrogen and oxygen atoms in total. The molecule has 1 fully saturated rings. The van der Waals surface area contributed by atoms with Crippen LogP contribution in [0.25, 0.3) is 10.7 Å². The van der Waals surface area contributed by atoms with Gasteiger partial charge in [-0.3, -0.25) is 0 Å². The van der Waals surface area contributed by atoms with E-state index in [9.17, 15) is 0 Å². The van der Waals surface area contributed by atoms with Gasteiger partial charge in [0.25, 0.3) is 0 Å². The van der Waals surface area contributed by atoms with Gasteiger partial charge in [-0.2, -0.15) is 0 Å². The van der Waals surface area contributed by atoms with Gasteiger partial charge in [0, 0.05) is 22.6 Å². The summed E-state index contributed by atoms with van der Waals surface area (Å²) in [6.45, 7) is 2.09. The molecule has 0 aromatic carbocycles. The number of hydrogen-bond donors (Lipinski definition) is 1. The lowest BCUT2D eigenvalue weighted by Crippen LogP contribution is -1.98. The number of hydrogen-bond acceptors (Lipinski definition) is 4. The Bertz CT molecular complexity index is 529. The molecular formula is C12H13N3S. The zero-order valence-electron chi connectivity index (χ0n) is 9.10. The van der Waals surface area contributed by atoms with Crippen molar-refractivity contribution in [2.45, 2.75) is 25.7 Å². The van der Waals surface area contributed by atoms with Gasteiger partial charge in [-0.15, -0.1) is 11.3 Å². The lowest BCUT2D eigenvalue weighted by Gasteiger charge is -2.02. The third-order valence-electron chi connectivity index (χ3n) is 2.72. The molecule has 2 heterocycles. The second kappa shape index (κ2) is 3.56. The summed E-state index contributed by atoms with van der Waals surface area (Å²) < 4.78 is 0. The van der Waals surface area contributed by atoms with Gasteiger partial charge in [-0.25, -0.2) is 9.97 Å². The average molecular weight is 231 g/mol. The topological polar surface area (TPSA) is 51.8 Å². The van der Waals surface area contributed by atoms with Crippen LogP contribution in [-0.2, 0) is 0 Å². The van der Waals surface area contributed by atoms with Crippen molar-refractivity contribution in [2.75, 3.05) is 5.73 Å². The van der Waals surface area contributed by atoms with Gasteiger partial charge in [0.15, 0.2) is 5.82 Å². The van der Waals surface area contributed by atoms with E-state index in [2.05, 4.69) is 29.0 Å². The fourth-order valence-electron chi connectivity index (χ4n) is 1.74. The Morgan fingerprint density at radius 1 is 1.31 bits per heavy atom. The van der Waals surface area contributed by atoms with Crippen LogP contribution >= 0.6 is 11.3 Å². The maximum Gasteiger partial charge on any atom is 0.171 e. The number of rotatable bonds is 2. The molecule has 1 aliphatic carbocycles. The van der Waals surface area contributed by atoms with Crippen LogP contribution in [0.15, 0.2) is 18.2 Å². The van der Waals surface area contributed by atoms with Crippen LogP contribution in [0.1, 0.15) is 29.3 Å². The van der Waals surface area contributed by atoms with Crippen LogP contribution in [0.2, 0.25) is 0 Å². The lowest BCUT2D eigenvalue weighted by molar-refractivity contribution is 1.00. The van der Waals surface area contributed by atoms with Crippen LogP contribution in [0, 0.1) is 6.92 Å². The van der Waals surface area contributed by atoms with E-state index in [0.29, 0.717) is 11.7 Å². The molecule has 0 aliphatic heterocycles. The Kier molecular flexibility index (Phi) is 2.17. The SMILES string of the molecule is Cc1ccc(-c2nc(N)cc(C3CC3)n2)s1. The van der Waals surface area contributed by atoms with Crippen molar-refractivity contribution in [1.29, 1.82) is 0 Å². The van der Waals surface area contributed by atoms with Crippen LogP contribution in [0.5, 0.6) is 0 Å². The maximum absolute atomic E-state index is 5.82. The molecule has 0 atom stereocenters. The molecule has 1 aliphatic rings. The quantitative estimate of drug-likeness (QED) is 0.864. The molecule has 0 saturated heterocycles. The highest BCUT2D eigenvalue weighted by Crippen LogP contribution is 2.40. The first kappa shape index (κ1) is 9.78. The second-order valence-corrected chi connectivity index (χ2v) is 5.51. The van der Waals surface area contributed by atoms with Gasteiger partial charge in [-0.1, -0.05) is 0 Å². The van der Waals surface area contributed by atoms with E-state index in [1.807, 2.05) is 6.07 Å². The van der Waals surface area contributed by atoms with Crippen molar-refractivity contribution in [3.8, 4) is 10.7 Å². The summed E-state index contributed by atoms with van der Waals surface area (Å²) in [6, 6.07) is 6.05. The number of nitrogens with two attached hydrogens (primary N) is 1. The summed E-state index contributed by atoms with van der Waals surface area (Å²) in [7, 11) is 0. The summed E-state index contributed by atoms with van der Waals surface area (Å²) in [4.78, 5) is 11.3. The molecular weight excluding hydrogens is 218 g/mol. The molecule has 0 unspecified atom stereocenters. The minimum absolute atomic E-state index is 0.581. The molecule has 2 aromatic heterocycles. The Labute approximate surface area is 98.4 Å². The Balaban J connectivity index is 2.06. The maximum atomic E-state index is 5.82. The van der Waals surface area contributed by atoms with Gasteiger partial charge in [-0.05, 0) is 31.9 Å². The van der Waals surface area contributed by atoms with Crippen molar-refractivity contribution < 1.29 is 0 Å². The second-order valence-electron chi connectivity index (χ2n) is 4.23. The standard InChI is InChI=1S/C12H13N3S/c1-7-2-5-10(16-7)12-14-9(8-3-4-8)6-11(13)15-12/h2,5-6,8H,3-4H2,1H3,(H2,13,14,15). The van der Waals surface area contributed by atoms with E-state index < -0.39 is 0 Å². The predicted molar refractivity (Wildman–Crippen MR) is 66.5 cm³/mol. The number of anilines is 1. The largest absolute Gasteiger partial charge is 0.384 e. The number of thiophene rings is 1. The summed E-state index contributed by atoms with van der Waals surface area (Å²) in [5, 5.41) is 0. The van der Waals surface area contributed by atoms with Crippen molar-refractivity contribution in [3.05, 3.63) is 28.8 Å². The highest BCUT2D eigenvalue weighted by atomic mass is 32.1. The van der Waals surface area contributed by atoms with E-state index in [0.717, 1.165) is 16.4 Å². The zero-order chi connectivity index (χ0) is 11.1. The minimum atomic E-state index is 0.581. The van der Waals surface area contributed by atoms with Crippen LogP contribution in [0.4, 0.5) is 5.82 Å². The van der Waals surface area contributed by atoms with Crippen molar-refractivity contribution in [2.24, 2.45) is 0 Å². The first-order valence-electron chi connectivity index (χ1n) is 5.43. The van der Waals surface area contributed by atoms with Gasteiger partial charge >= 0.3 is 0 Å². The molecule has 1 saturated carbocycles. The Hall–Kier alpha value is -1.42. The number of nitrogens with zero attached hydrogens (tertiary/aromatic N) is 2. The molecule has 2 aromatic rings. The fraction of sp³-hybridized carbons (Fsp3) is 0.333. The van der Waals surface area contributed by atoms with Crippen molar-refractivity contribution >= 4 is 17.2 Å². The molecule has 0 amide bonds. The van der Waals surface area contributed by atoms with Crippen molar-refractivity contribution in [1.82, 2.24) is 9.97 Å². The van der Waals surface area contributed by atoms with Gasteiger partial charge in [0.05, 0.1) is 4.88 Å². The van der Waals surface area contributed by atoms with Crippen molar-refractivity contribution in [3.63, 3.8) is 0 Å². The Morgan fingerprint density at radius 3 is 2.75 bits per heavy atom. The highest BCUT2D eigenvalue weighted by Gasteiger charge is 2.26. The smallest absolute Gasteiger partial charge is 0.171 e. The molecule has 2 N–H and O–H groups in total. The normalized spacial score (nSPS) is 15.3. The Morgan fingerprint density at radius 2 is 2.12 bits per heavy atom. The van der Waals surface area contributed by atoms with E-state index >= 15 is 0 Å². The third kappa shape index (κ3) is 1.80. The average Bonchev–Trinajstić information content (AvgIpc) is 3.01.